The van der Waals surface area contributed by atoms with Crippen LogP contribution < -0.4 is 0 Å². The Morgan fingerprint density at radius 2 is 0.672 bits per heavy atom. The van der Waals surface area contributed by atoms with Crippen LogP contribution in [-0.2, 0) is 28.6 Å². The van der Waals surface area contributed by atoms with Gasteiger partial charge >= 0.3 is 17.9 Å². The molecular weight excluding hydrogens is 721 g/mol. The van der Waals surface area contributed by atoms with Gasteiger partial charge in [-0.15, -0.1) is 0 Å². The van der Waals surface area contributed by atoms with E-state index < -0.39 is 6.10 Å². The summed E-state index contributed by atoms with van der Waals surface area (Å²) in [5.41, 5.74) is 0. The molecule has 0 N–H and O–H groups in total. The monoisotopic (exact) mass is 813 g/mol. The second kappa shape index (κ2) is 47.1. The molecule has 0 radical (unpaired) electrons. The molecule has 0 spiro atoms. The summed E-state index contributed by atoms with van der Waals surface area (Å²) in [5, 5.41) is 0. The van der Waals surface area contributed by atoms with E-state index in [1.54, 1.807) is 0 Å². The van der Waals surface area contributed by atoms with Crippen molar-refractivity contribution in [1.29, 1.82) is 0 Å². The molecule has 0 saturated heterocycles. The number of ether oxygens (including phenoxy) is 3. The van der Waals surface area contributed by atoms with E-state index in [1.165, 1.54) is 116 Å². The molecule has 336 valence electrons. The number of esters is 3. The van der Waals surface area contributed by atoms with Crippen LogP contribution in [0, 0.1) is 0 Å². The number of carbonyl (C=O) groups is 3. The number of carbonyl (C=O) groups excluding carboxylic acids is 3. The molecule has 6 nitrogen and oxygen atoms in total. The Morgan fingerprint density at radius 3 is 1.10 bits per heavy atom. The zero-order valence-electron chi connectivity index (χ0n) is 38.3. The maximum absolute atomic E-state index is 12.7. The predicted octanol–water partition coefficient (Wildman–Crippen LogP) is 15.9. The highest BCUT2D eigenvalue weighted by molar-refractivity contribution is 5.71. The summed E-state index contributed by atoms with van der Waals surface area (Å²) in [7, 11) is 0. The van der Waals surface area contributed by atoms with Crippen molar-refractivity contribution in [2.75, 3.05) is 13.2 Å². The van der Waals surface area contributed by atoms with Gasteiger partial charge in [-0.1, -0.05) is 179 Å². The zero-order valence-corrected chi connectivity index (χ0v) is 38.3. The van der Waals surface area contributed by atoms with Crippen LogP contribution in [0.5, 0.6) is 0 Å². The molecule has 0 aliphatic carbocycles. The van der Waals surface area contributed by atoms with Gasteiger partial charge in [0.15, 0.2) is 6.10 Å². The minimum absolute atomic E-state index is 0.0933. The standard InChI is InChI=1S/C52H92O6/c1-4-7-10-13-16-19-21-23-24-25-26-27-29-30-33-36-39-42-45-51(54)57-48-49(47-56-50(53)44-41-38-35-32-18-15-12-9-6-3)58-52(55)46-43-40-37-34-31-28-22-20-17-14-11-8-5-2/h9,12,18,26-28,31-32,49H,4-8,10-11,13-17,19-25,29-30,33-48H2,1-3H3/b12-9-,27-26-,31-28-,32-18-. The van der Waals surface area contributed by atoms with Gasteiger partial charge in [-0.25, -0.2) is 0 Å². The molecule has 58 heavy (non-hydrogen) atoms. The fourth-order valence-corrected chi connectivity index (χ4v) is 6.82. The Morgan fingerprint density at radius 1 is 0.362 bits per heavy atom. The third-order valence-electron chi connectivity index (χ3n) is 10.5. The first-order chi connectivity index (χ1) is 28.5. The Bertz CT molecular complexity index is 1030. The molecule has 0 heterocycles. The molecule has 0 aromatic carbocycles. The summed E-state index contributed by atoms with van der Waals surface area (Å²) < 4.78 is 16.7. The highest BCUT2D eigenvalue weighted by atomic mass is 16.6. The molecule has 1 unspecified atom stereocenters. The fraction of sp³-hybridized carbons (Fsp3) is 0.788. The van der Waals surface area contributed by atoms with Gasteiger partial charge in [0.1, 0.15) is 13.2 Å². The molecule has 1 atom stereocenters. The quantitative estimate of drug-likeness (QED) is 0.0264. The van der Waals surface area contributed by atoms with Gasteiger partial charge in [-0.3, -0.25) is 14.4 Å². The second-order valence-electron chi connectivity index (χ2n) is 16.3. The van der Waals surface area contributed by atoms with Crippen molar-refractivity contribution in [2.45, 2.75) is 252 Å². The minimum atomic E-state index is -0.794. The molecule has 0 aliphatic heterocycles. The van der Waals surface area contributed by atoms with Gasteiger partial charge in [0.2, 0.25) is 0 Å². The lowest BCUT2D eigenvalue weighted by Crippen LogP contribution is -2.30. The van der Waals surface area contributed by atoms with Crippen LogP contribution >= 0.6 is 0 Å². The molecule has 6 heteroatoms. The number of rotatable bonds is 44. The Hall–Kier alpha value is -2.63. The van der Waals surface area contributed by atoms with E-state index in [4.69, 9.17) is 14.2 Å². The first-order valence-corrected chi connectivity index (χ1v) is 24.6. The average molecular weight is 813 g/mol. The van der Waals surface area contributed by atoms with E-state index in [1.807, 2.05) is 0 Å². The summed E-state index contributed by atoms with van der Waals surface area (Å²) in [6.07, 6.45) is 55.4. The number of unbranched alkanes of at least 4 members (excludes halogenated alkanes) is 25. The van der Waals surface area contributed by atoms with Crippen LogP contribution in [0.25, 0.3) is 0 Å². The Kier molecular flexibility index (Phi) is 44.9. The predicted molar refractivity (Wildman–Crippen MR) is 247 cm³/mol. The molecule has 0 amide bonds. The summed E-state index contributed by atoms with van der Waals surface area (Å²) >= 11 is 0. The van der Waals surface area contributed by atoms with Crippen LogP contribution in [0.15, 0.2) is 48.6 Å². The number of hydrogen-bond donors (Lipinski definition) is 0. The molecular formula is C52H92O6. The summed E-state index contributed by atoms with van der Waals surface area (Å²) in [6.45, 7) is 6.46. The minimum Gasteiger partial charge on any atom is -0.462 e. The first kappa shape index (κ1) is 55.4. The average Bonchev–Trinajstić information content (AvgIpc) is 3.22. The van der Waals surface area contributed by atoms with E-state index in [0.717, 1.165) is 89.9 Å². The lowest BCUT2D eigenvalue weighted by atomic mass is 10.1. The smallest absolute Gasteiger partial charge is 0.306 e. The lowest BCUT2D eigenvalue weighted by Gasteiger charge is -2.18. The molecule has 0 aromatic rings. The largest absolute Gasteiger partial charge is 0.462 e. The van der Waals surface area contributed by atoms with Crippen LogP contribution in [0.3, 0.4) is 0 Å². The molecule has 0 saturated carbocycles. The molecule has 0 bridgehead atoms. The fourth-order valence-electron chi connectivity index (χ4n) is 6.82. The van der Waals surface area contributed by atoms with E-state index in [2.05, 4.69) is 69.4 Å². The van der Waals surface area contributed by atoms with Crippen LogP contribution in [0.2, 0.25) is 0 Å². The number of hydrogen-bond acceptors (Lipinski definition) is 6. The van der Waals surface area contributed by atoms with Gasteiger partial charge < -0.3 is 14.2 Å². The van der Waals surface area contributed by atoms with Crippen molar-refractivity contribution in [3.05, 3.63) is 48.6 Å². The molecule has 0 aliphatic rings. The van der Waals surface area contributed by atoms with Crippen molar-refractivity contribution in [2.24, 2.45) is 0 Å². The van der Waals surface area contributed by atoms with Crippen LogP contribution in [0.4, 0.5) is 0 Å². The van der Waals surface area contributed by atoms with Crippen molar-refractivity contribution < 1.29 is 28.6 Å². The lowest BCUT2D eigenvalue weighted by molar-refractivity contribution is -0.167. The topological polar surface area (TPSA) is 78.9 Å². The van der Waals surface area contributed by atoms with Crippen LogP contribution in [-0.4, -0.2) is 37.2 Å². The summed E-state index contributed by atoms with van der Waals surface area (Å²) in [6, 6.07) is 0. The van der Waals surface area contributed by atoms with Crippen molar-refractivity contribution >= 4 is 17.9 Å². The van der Waals surface area contributed by atoms with E-state index in [9.17, 15) is 14.4 Å². The van der Waals surface area contributed by atoms with Gasteiger partial charge in [0.25, 0.3) is 0 Å². The maximum atomic E-state index is 12.7. The second-order valence-corrected chi connectivity index (χ2v) is 16.3. The maximum Gasteiger partial charge on any atom is 0.306 e. The Labute approximate surface area is 358 Å². The van der Waals surface area contributed by atoms with Crippen molar-refractivity contribution in [1.82, 2.24) is 0 Å². The zero-order chi connectivity index (χ0) is 42.3. The third-order valence-corrected chi connectivity index (χ3v) is 10.5. The first-order valence-electron chi connectivity index (χ1n) is 24.6. The van der Waals surface area contributed by atoms with Gasteiger partial charge in [0, 0.05) is 19.3 Å². The molecule has 0 aromatic heterocycles. The summed E-state index contributed by atoms with van der Waals surface area (Å²) in [5.74, 6) is -0.953. The van der Waals surface area contributed by atoms with Gasteiger partial charge in [-0.2, -0.15) is 0 Å². The van der Waals surface area contributed by atoms with Crippen LogP contribution in [0.1, 0.15) is 245 Å². The van der Waals surface area contributed by atoms with Crippen molar-refractivity contribution in [3.8, 4) is 0 Å². The normalized spacial score (nSPS) is 12.4. The molecule has 0 fully saturated rings. The van der Waals surface area contributed by atoms with Gasteiger partial charge in [-0.05, 0) is 96.3 Å². The van der Waals surface area contributed by atoms with Crippen molar-refractivity contribution in [3.63, 3.8) is 0 Å². The Balaban J connectivity index is 4.35. The molecule has 0 rings (SSSR count). The van der Waals surface area contributed by atoms with Gasteiger partial charge in [0.05, 0.1) is 0 Å². The van der Waals surface area contributed by atoms with E-state index in [-0.39, 0.29) is 31.1 Å². The number of allylic oxidation sites excluding steroid dienone is 8. The third kappa shape index (κ3) is 44.5. The highest BCUT2D eigenvalue weighted by Crippen LogP contribution is 2.14. The summed E-state index contributed by atoms with van der Waals surface area (Å²) in [4.78, 5) is 37.8. The van der Waals surface area contributed by atoms with E-state index >= 15 is 0 Å². The highest BCUT2D eigenvalue weighted by Gasteiger charge is 2.19. The SMILES string of the molecule is CC/C=C\C/C=C\CCCCC(=O)OCC(COC(=O)CCCCCCC/C=C\CCCCCCCCCCC)OC(=O)CCCCC/C=C\CCCCCCCC. The van der Waals surface area contributed by atoms with E-state index in [0.29, 0.717) is 19.3 Å².